The summed E-state index contributed by atoms with van der Waals surface area (Å²) in [4.78, 5) is 4.84. The quantitative estimate of drug-likeness (QED) is 0.915. The van der Waals surface area contributed by atoms with Crippen LogP contribution < -0.4 is 5.73 Å². The molecule has 112 valence electrons. The van der Waals surface area contributed by atoms with Crippen LogP contribution in [-0.4, -0.2) is 49.6 Å². The molecule has 1 aliphatic heterocycles. The van der Waals surface area contributed by atoms with E-state index in [1.807, 2.05) is 0 Å². The molecule has 1 aliphatic rings. The van der Waals surface area contributed by atoms with Gasteiger partial charge in [0.1, 0.15) is 0 Å². The number of hydrogen-bond donors (Lipinski definition) is 1. The monoisotopic (exact) mass is 275 g/mol. The molecule has 0 radical (unpaired) electrons. The minimum atomic E-state index is 0.0948. The Bertz CT molecular complexity index is 418. The molecule has 2 unspecified atom stereocenters. The fourth-order valence-corrected chi connectivity index (χ4v) is 3.16. The largest absolute Gasteiger partial charge is 0.323 e. The highest BCUT2D eigenvalue weighted by atomic mass is 15.2. The van der Waals surface area contributed by atoms with Crippen LogP contribution in [0.15, 0.2) is 24.3 Å². The second-order valence-electron chi connectivity index (χ2n) is 6.18. The number of nitrogens with zero attached hydrogens (tertiary/aromatic N) is 2. The first-order valence-electron chi connectivity index (χ1n) is 7.85. The Morgan fingerprint density at radius 2 is 2.10 bits per heavy atom. The van der Waals surface area contributed by atoms with Crippen LogP contribution in [0.4, 0.5) is 0 Å². The topological polar surface area (TPSA) is 32.5 Å². The smallest absolute Gasteiger partial charge is 0.0465 e. The van der Waals surface area contributed by atoms with Gasteiger partial charge in [-0.3, -0.25) is 0 Å². The number of benzene rings is 1. The second-order valence-corrected chi connectivity index (χ2v) is 6.18. The first-order valence-corrected chi connectivity index (χ1v) is 7.85. The van der Waals surface area contributed by atoms with Crippen molar-refractivity contribution < 1.29 is 0 Å². The zero-order chi connectivity index (χ0) is 14.5. The zero-order valence-corrected chi connectivity index (χ0v) is 13.2. The van der Waals surface area contributed by atoms with Gasteiger partial charge in [-0.1, -0.05) is 37.6 Å². The van der Waals surface area contributed by atoms with Crippen LogP contribution in [0.1, 0.15) is 36.9 Å². The van der Waals surface area contributed by atoms with E-state index >= 15 is 0 Å². The average Bonchev–Trinajstić information content (AvgIpc) is 2.60. The normalized spacial score (nSPS) is 23.5. The summed E-state index contributed by atoms with van der Waals surface area (Å²) in [6.45, 7) is 5.58. The molecule has 0 spiro atoms. The van der Waals surface area contributed by atoms with Crippen LogP contribution >= 0.6 is 0 Å². The van der Waals surface area contributed by atoms with E-state index in [-0.39, 0.29) is 6.04 Å². The van der Waals surface area contributed by atoms with Crippen molar-refractivity contribution in [2.45, 2.75) is 38.3 Å². The van der Waals surface area contributed by atoms with Gasteiger partial charge in [0.25, 0.3) is 0 Å². The maximum absolute atomic E-state index is 6.59. The van der Waals surface area contributed by atoms with Crippen molar-refractivity contribution in [3.63, 3.8) is 0 Å². The van der Waals surface area contributed by atoms with Gasteiger partial charge in [0.2, 0.25) is 0 Å². The van der Waals surface area contributed by atoms with Gasteiger partial charge >= 0.3 is 0 Å². The summed E-state index contributed by atoms with van der Waals surface area (Å²) in [6, 6.07) is 9.34. The van der Waals surface area contributed by atoms with E-state index in [0.29, 0.717) is 6.04 Å². The molecule has 2 N–H and O–H groups in total. The predicted octanol–water partition coefficient (Wildman–Crippen LogP) is 2.27. The molecular weight excluding hydrogens is 246 g/mol. The van der Waals surface area contributed by atoms with Crippen LogP contribution in [0, 0.1) is 0 Å². The number of likely N-dealkylation sites (N-methyl/N-ethyl adjacent to an activating group) is 2. The summed E-state index contributed by atoms with van der Waals surface area (Å²) in [5.41, 5.74) is 9.28. The van der Waals surface area contributed by atoms with Gasteiger partial charge in [0.05, 0.1) is 0 Å². The van der Waals surface area contributed by atoms with E-state index in [2.05, 4.69) is 55.1 Å². The van der Waals surface area contributed by atoms with E-state index in [1.54, 1.807) is 0 Å². The van der Waals surface area contributed by atoms with Gasteiger partial charge in [-0.05, 0) is 51.2 Å². The van der Waals surface area contributed by atoms with E-state index in [0.717, 1.165) is 19.5 Å². The molecule has 1 aromatic carbocycles. The summed E-state index contributed by atoms with van der Waals surface area (Å²) in [5.74, 6) is 0. The molecule has 0 saturated carbocycles. The third-order valence-corrected chi connectivity index (χ3v) is 4.40. The van der Waals surface area contributed by atoms with Crippen LogP contribution in [0.25, 0.3) is 0 Å². The Hall–Kier alpha value is -0.900. The Kier molecular flexibility index (Phi) is 5.58. The standard InChI is InChI=1S/C17H29N3/c1-4-7-14-8-5-9-15(12-14)17(18)16-13-19(2)10-6-11-20(16)3/h5,8-9,12,16-17H,4,6-7,10-11,13,18H2,1-3H3. The highest BCUT2D eigenvalue weighted by Crippen LogP contribution is 2.22. The molecule has 2 atom stereocenters. The zero-order valence-electron chi connectivity index (χ0n) is 13.2. The van der Waals surface area contributed by atoms with Crippen molar-refractivity contribution in [1.82, 2.24) is 9.80 Å². The maximum atomic E-state index is 6.59. The molecule has 1 saturated heterocycles. The van der Waals surface area contributed by atoms with Crippen molar-refractivity contribution in [2.24, 2.45) is 5.73 Å². The third-order valence-electron chi connectivity index (χ3n) is 4.40. The summed E-state index contributed by atoms with van der Waals surface area (Å²) >= 11 is 0. The molecule has 1 aromatic rings. The number of hydrogen-bond acceptors (Lipinski definition) is 3. The molecule has 1 fully saturated rings. The van der Waals surface area contributed by atoms with Gasteiger partial charge in [0, 0.05) is 18.6 Å². The maximum Gasteiger partial charge on any atom is 0.0465 e. The number of rotatable bonds is 4. The first-order chi connectivity index (χ1) is 9.61. The Morgan fingerprint density at radius 3 is 2.85 bits per heavy atom. The average molecular weight is 275 g/mol. The van der Waals surface area contributed by atoms with Gasteiger partial charge < -0.3 is 15.5 Å². The predicted molar refractivity (Wildman–Crippen MR) is 85.9 cm³/mol. The fourth-order valence-electron chi connectivity index (χ4n) is 3.16. The molecule has 3 heteroatoms. The van der Waals surface area contributed by atoms with Crippen molar-refractivity contribution in [1.29, 1.82) is 0 Å². The van der Waals surface area contributed by atoms with Gasteiger partial charge in [0.15, 0.2) is 0 Å². The van der Waals surface area contributed by atoms with Crippen molar-refractivity contribution >= 4 is 0 Å². The Morgan fingerprint density at radius 1 is 1.30 bits per heavy atom. The van der Waals surface area contributed by atoms with Gasteiger partial charge in [-0.15, -0.1) is 0 Å². The molecule has 0 aliphatic carbocycles. The SMILES string of the molecule is CCCc1cccc(C(N)C2CN(C)CCCN2C)c1. The molecule has 0 amide bonds. The van der Waals surface area contributed by atoms with E-state index in [1.165, 1.54) is 30.5 Å². The summed E-state index contributed by atoms with van der Waals surface area (Å²) in [5, 5.41) is 0. The van der Waals surface area contributed by atoms with E-state index in [9.17, 15) is 0 Å². The van der Waals surface area contributed by atoms with Gasteiger partial charge in [-0.25, -0.2) is 0 Å². The van der Waals surface area contributed by atoms with E-state index in [4.69, 9.17) is 5.73 Å². The second kappa shape index (κ2) is 7.21. The van der Waals surface area contributed by atoms with Crippen LogP contribution in [0.3, 0.4) is 0 Å². The first kappa shape index (κ1) is 15.5. The number of aryl methyl sites for hydroxylation is 1. The minimum Gasteiger partial charge on any atom is -0.323 e. The summed E-state index contributed by atoms with van der Waals surface area (Å²) in [7, 11) is 4.41. The highest BCUT2D eigenvalue weighted by molar-refractivity contribution is 5.27. The van der Waals surface area contributed by atoms with Crippen molar-refractivity contribution in [2.75, 3.05) is 33.7 Å². The van der Waals surface area contributed by atoms with Crippen molar-refractivity contribution in [3.8, 4) is 0 Å². The Labute approximate surface area is 123 Å². The lowest BCUT2D eigenvalue weighted by molar-refractivity contribution is 0.196. The molecule has 20 heavy (non-hydrogen) atoms. The van der Waals surface area contributed by atoms with Crippen molar-refractivity contribution in [3.05, 3.63) is 35.4 Å². The van der Waals surface area contributed by atoms with Crippen LogP contribution in [-0.2, 0) is 6.42 Å². The summed E-state index contributed by atoms with van der Waals surface area (Å²) in [6.07, 6.45) is 3.55. The van der Waals surface area contributed by atoms with Crippen LogP contribution in [0.2, 0.25) is 0 Å². The molecule has 0 bridgehead atoms. The lowest BCUT2D eigenvalue weighted by Gasteiger charge is -2.32. The Balaban J connectivity index is 2.15. The molecule has 3 nitrogen and oxygen atoms in total. The lowest BCUT2D eigenvalue weighted by atomic mass is 9.96. The molecular formula is C17H29N3. The molecule has 0 aromatic heterocycles. The number of nitrogens with two attached hydrogens (primary N) is 1. The van der Waals surface area contributed by atoms with Gasteiger partial charge in [-0.2, -0.15) is 0 Å². The molecule has 1 heterocycles. The fraction of sp³-hybridized carbons (Fsp3) is 0.647. The lowest BCUT2D eigenvalue weighted by Crippen LogP contribution is -2.45. The van der Waals surface area contributed by atoms with E-state index < -0.39 is 0 Å². The summed E-state index contributed by atoms with van der Waals surface area (Å²) < 4.78 is 0. The minimum absolute atomic E-state index is 0.0948. The third kappa shape index (κ3) is 3.81. The van der Waals surface area contributed by atoms with Crippen LogP contribution in [0.5, 0.6) is 0 Å². The highest BCUT2D eigenvalue weighted by Gasteiger charge is 2.27. The molecule has 2 rings (SSSR count).